The van der Waals surface area contributed by atoms with E-state index in [9.17, 15) is 18.4 Å². The molecule has 6 nitrogen and oxygen atoms in total. The number of likely N-dealkylation sites (tertiary alicyclic amines) is 1. The Bertz CT molecular complexity index is 1150. The zero-order chi connectivity index (χ0) is 25.2. The number of H-pyrrole nitrogens is 1. The summed E-state index contributed by atoms with van der Waals surface area (Å²) in [5, 5.41) is 3.32. The molecular formula is C28H35CoF2N4O2-. The van der Waals surface area contributed by atoms with Gasteiger partial charge in [0.2, 0.25) is 5.91 Å². The van der Waals surface area contributed by atoms with E-state index in [1.165, 1.54) is 12.0 Å². The number of carbonyl (C=O) groups excluding carboxylic acids is 2. The maximum absolute atomic E-state index is 14.1. The van der Waals surface area contributed by atoms with Crippen molar-refractivity contribution in [3.8, 4) is 0 Å². The Labute approximate surface area is 227 Å². The van der Waals surface area contributed by atoms with Gasteiger partial charge in [0.05, 0.1) is 0 Å². The summed E-state index contributed by atoms with van der Waals surface area (Å²) >= 11 is 0. The van der Waals surface area contributed by atoms with Gasteiger partial charge in [0, 0.05) is 46.8 Å². The fraction of sp³-hybridized carbons (Fsp3) is 0.571. The number of hydrogen-bond donors (Lipinski definition) is 3. The number of anilines is 1. The second-order valence-corrected chi connectivity index (χ2v) is 10.6. The van der Waals surface area contributed by atoms with Gasteiger partial charge in [-0.15, -0.1) is 17.0 Å². The van der Waals surface area contributed by atoms with Crippen molar-refractivity contribution in [3.05, 3.63) is 41.4 Å². The Hall–Kier alpha value is -2.23. The number of halogens is 2. The number of benzene rings is 1. The predicted molar refractivity (Wildman–Crippen MR) is 135 cm³/mol. The molecule has 2 aromatic rings. The van der Waals surface area contributed by atoms with Crippen LogP contribution in [-0.2, 0) is 26.4 Å². The van der Waals surface area contributed by atoms with Crippen LogP contribution in [0.25, 0.3) is 10.9 Å². The minimum absolute atomic E-state index is 0. The van der Waals surface area contributed by atoms with Crippen LogP contribution in [0.1, 0.15) is 64.2 Å². The van der Waals surface area contributed by atoms with E-state index in [-0.39, 0.29) is 40.4 Å². The molecule has 5 rings (SSSR count). The molecule has 2 amide bonds. The van der Waals surface area contributed by atoms with Crippen LogP contribution in [0.5, 0.6) is 0 Å². The summed E-state index contributed by atoms with van der Waals surface area (Å²) in [4.78, 5) is 31.9. The molecule has 1 unspecified atom stereocenters. The molecule has 1 aliphatic heterocycles. The summed E-state index contributed by atoms with van der Waals surface area (Å²) in [5.41, 5.74) is 9.40. The summed E-state index contributed by atoms with van der Waals surface area (Å²) in [6.45, 7) is -0.00876. The average Bonchev–Trinajstić information content (AvgIpc) is 3.52. The first-order valence-electron chi connectivity index (χ1n) is 13.3. The molecule has 2 saturated carbocycles. The number of allylic oxidation sites excluding steroid dienone is 1. The van der Waals surface area contributed by atoms with E-state index in [2.05, 4.69) is 16.5 Å². The topological polar surface area (TPSA) is 91.2 Å². The zero-order valence-corrected chi connectivity index (χ0v) is 22.0. The maximum Gasteiger partial charge on any atom is 0.251 e. The van der Waals surface area contributed by atoms with Gasteiger partial charge in [-0.05, 0) is 69.3 Å². The number of aromatic amines is 1. The van der Waals surface area contributed by atoms with E-state index < -0.39 is 24.6 Å². The second kappa shape index (κ2) is 12.1. The molecule has 2 heterocycles. The summed E-state index contributed by atoms with van der Waals surface area (Å²) in [6, 6.07) is 3.93. The summed E-state index contributed by atoms with van der Waals surface area (Å²) in [5.74, 6) is -0.790. The van der Waals surface area contributed by atoms with Crippen LogP contribution in [0.4, 0.5) is 14.5 Å². The number of amides is 2. The Kier molecular flexibility index (Phi) is 9.08. The van der Waals surface area contributed by atoms with E-state index in [0.717, 1.165) is 44.1 Å². The summed E-state index contributed by atoms with van der Waals surface area (Å²) in [6.07, 6.45) is 11.3. The number of carbonyl (C=O) groups is 2. The molecule has 2 atom stereocenters. The number of aromatic nitrogens is 1. The predicted octanol–water partition coefficient (Wildman–Crippen LogP) is 5.01. The molecule has 0 spiro atoms. The van der Waals surface area contributed by atoms with Gasteiger partial charge in [-0.3, -0.25) is 9.59 Å². The molecule has 1 saturated heterocycles. The van der Waals surface area contributed by atoms with Gasteiger partial charge in [-0.2, -0.15) is 0 Å². The molecule has 3 fully saturated rings. The first kappa shape index (κ1) is 27.8. The molecule has 1 aromatic heterocycles. The molecular weight excluding hydrogens is 521 g/mol. The van der Waals surface area contributed by atoms with Crippen LogP contribution in [-0.4, -0.2) is 47.0 Å². The maximum atomic E-state index is 14.1. The van der Waals surface area contributed by atoms with E-state index in [1.807, 2.05) is 0 Å². The van der Waals surface area contributed by atoms with Gasteiger partial charge >= 0.3 is 0 Å². The van der Waals surface area contributed by atoms with Gasteiger partial charge in [0.25, 0.3) is 5.91 Å². The van der Waals surface area contributed by atoms with Crippen molar-refractivity contribution < 1.29 is 35.1 Å². The second-order valence-electron chi connectivity index (χ2n) is 10.6. The van der Waals surface area contributed by atoms with Crippen LogP contribution in [0.2, 0.25) is 0 Å². The minimum Gasteiger partial charge on any atom is -0.475 e. The van der Waals surface area contributed by atoms with Crippen molar-refractivity contribution in [2.45, 2.75) is 76.3 Å². The van der Waals surface area contributed by atoms with E-state index in [1.54, 1.807) is 23.1 Å². The average molecular weight is 557 g/mol. The first-order chi connectivity index (χ1) is 17.5. The van der Waals surface area contributed by atoms with Crippen molar-refractivity contribution in [2.24, 2.45) is 17.6 Å². The third kappa shape index (κ3) is 5.78. The van der Waals surface area contributed by atoms with Crippen LogP contribution < -0.4 is 11.1 Å². The van der Waals surface area contributed by atoms with Crippen LogP contribution in [0.15, 0.2) is 29.3 Å². The minimum atomic E-state index is -0.644. The molecule has 203 valence electrons. The van der Waals surface area contributed by atoms with Crippen LogP contribution in [0.3, 0.4) is 0 Å². The molecule has 37 heavy (non-hydrogen) atoms. The number of nitrogens with zero attached hydrogens (tertiary/aromatic N) is 1. The van der Waals surface area contributed by atoms with Gasteiger partial charge < -0.3 is 20.9 Å². The molecule has 2 aliphatic carbocycles. The van der Waals surface area contributed by atoms with Gasteiger partial charge in [0.15, 0.2) is 0 Å². The van der Waals surface area contributed by atoms with Gasteiger partial charge in [-0.1, -0.05) is 30.3 Å². The Morgan fingerprint density at radius 3 is 2.57 bits per heavy atom. The van der Waals surface area contributed by atoms with Crippen molar-refractivity contribution in [2.75, 3.05) is 18.5 Å². The third-order valence-corrected chi connectivity index (χ3v) is 8.44. The number of fused-ring (bicyclic) bond motifs is 1. The monoisotopic (exact) mass is 556 g/mol. The van der Waals surface area contributed by atoms with E-state index in [0.29, 0.717) is 42.4 Å². The SMILES string of the molecule is NC(CF)C1CCC(C(=O)N2CCC(=C3CCCCC3)[C@H]2C(=O)Nc2ccc3[nH][c-]c(F)c3c2)CC1.[Co]. The van der Waals surface area contributed by atoms with Crippen LogP contribution >= 0.6 is 0 Å². The quantitative estimate of drug-likeness (QED) is 0.357. The number of nitrogens with two attached hydrogens (primary N) is 1. The normalized spacial score (nSPS) is 25.2. The van der Waals surface area contributed by atoms with Crippen molar-refractivity contribution in [1.82, 2.24) is 9.88 Å². The molecule has 9 heteroatoms. The molecule has 1 aromatic carbocycles. The van der Waals surface area contributed by atoms with Crippen molar-refractivity contribution in [3.63, 3.8) is 0 Å². The number of alkyl halides is 1. The number of hydrogen-bond acceptors (Lipinski definition) is 3. The summed E-state index contributed by atoms with van der Waals surface area (Å²) in [7, 11) is 0. The number of nitrogens with one attached hydrogen (secondary N) is 2. The first-order valence-corrected chi connectivity index (χ1v) is 13.3. The van der Waals surface area contributed by atoms with E-state index >= 15 is 0 Å². The molecule has 1 radical (unpaired) electrons. The Morgan fingerprint density at radius 2 is 1.86 bits per heavy atom. The molecule has 4 N–H and O–H groups in total. The van der Waals surface area contributed by atoms with Gasteiger partial charge in [-0.25, -0.2) is 8.78 Å². The smallest absolute Gasteiger partial charge is 0.251 e. The van der Waals surface area contributed by atoms with Gasteiger partial charge in [0.1, 0.15) is 12.7 Å². The zero-order valence-electron chi connectivity index (χ0n) is 21.0. The fourth-order valence-corrected chi connectivity index (χ4v) is 6.37. The Balaban J connectivity index is 0.00000320. The summed E-state index contributed by atoms with van der Waals surface area (Å²) < 4.78 is 27.1. The largest absolute Gasteiger partial charge is 0.475 e. The molecule has 0 bridgehead atoms. The standard InChI is InChI=1S/C28H35F2N4O2.Co/c29-15-24(31)18-6-8-19(9-7-18)28(36)34-13-12-21(17-4-2-1-3-5-17)26(34)27(35)33-20-10-11-25-22(14-20)23(30)16-32-25;/h10-11,14,18-19,24,26,32H,1-9,12-13,15,31H2,(H,33,35);/q-1;/t18?,19?,24?,26-;/m0./s1. The third-order valence-electron chi connectivity index (χ3n) is 8.44. The number of rotatable bonds is 5. The van der Waals surface area contributed by atoms with Crippen molar-refractivity contribution in [1.29, 1.82) is 0 Å². The molecule has 3 aliphatic rings. The Morgan fingerprint density at radius 1 is 1.14 bits per heavy atom. The van der Waals surface area contributed by atoms with E-state index in [4.69, 9.17) is 5.73 Å². The van der Waals surface area contributed by atoms with Crippen molar-refractivity contribution >= 4 is 28.4 Å². The fourth-order valence-electron chi connectivity index (χ4n) is 6.37. The van der Waals surface area contributed by atoms with Crippen LogP contribution in [0, 0.1) is 23.8 Å².